The van der Waals surface area contributed by atoms with Gasteiger partial charge in [-0.15, -0.1) is 0 Å². The molecular formula is C9H20N2O. The van der Waals surface area contributed by atoms with Crippen LogP contribution in [0, 0.1) is 0 Å². The summed E-state index contributed by atoms with van der Waals surface area (Å²) in [4.78, 5) is 2.36. The number of likely N-dealkylation sites (N-methyl/N-ethyl adjacent to an activating group) is 1. The summed E-state index contributed by atoms with van der Waals surface area (Å²) in [5, 5.41) is 3.54. The van der Waals surface area contributed by atoms with E-state index >= 15 is 0 Å². The van der Waals surface area contributed by atoms with E-state index in [2.05, 4.69) is 24.2 Å². The molecule has 0 saturated carbocycles. The van der Waals surface area contributed by atoms with Crippen molar-refractivity contribution in [1.82, 2.24) is 10.2 Å². The molecule has 0 aliphatic carbocycles. The third-order valence-corrected chi connectivity index (χ3v) is 2.33. The van der Waals surface area contributed by atoms with Gasteiger partial charge in [0.1, 0.15) is 0 Å². The fourth-order valence-electron chi connectivity index (χ4n) is 1.77. The summed E-state index contributed by atoms with van der Waals surface area (Å²) < 4.78 is 5.06. The molecule has 1 aliphatic rings. The van der Waals surface area contributed by atoms with Gasteiger partial charge in [0.2, 0.25) is 0 Å². The van der Waals surface area contributed by atoms with Crippen LogP contribution in [0.4, 0.5) is 0 Å². The summed E-state index contributed by atoms with van der Waals surface area (Å²) in [5.41, 5.74) is 0. The number of hydrogen-bond acceptors (Lipinski definition) is 3. The van der Waals surface area contributed by atoms with E-state index in [4.69, 9.17) is 4.74 Å². The lowest BCUT2D eigenvalue weighted by molar-refractivity contribution is 0.167. The van der Waals surface area contributed by atoms with Crippen LogP contribution in [-0.2, 0) is 4.74 Å². The van der Waals surface area contributed by atoms with Crippen LogP contribution < -0.4 is 5.32 Å². The molecule has 0 radical (unpaired) electrons. The number of hydrogen-bond donors (Lipinski definition) is 1. The third-order valence-electron chi connectivity index (χ3n) is 2.33. The Bertz CT molecular complexity index is 130. The SMILES string of the molecule is COC[C@H](C)N[C@@H]1CCN(C)C1. The first-order valence-corrected chi connectivity index (χ1v) is 4.66. The molecule has 3 heteroatoms. The van der Waals surface area contributed by atoms with E-state index < -0.39 is 0 Å². The van der Waals surface area contributed by atoms with Crippen molar-refractivity contribution in [2.24, 2.45) is 0 Å². The quantitative estimate of drug-likeness (QED) is 0.661. The number of ether oxygens (including phenoxy) is 1. The van der Waals surface area contributed by atoms with Crippen molar-refractivity contribution < 1.29 is 4.74 Å². The molecule has 0 unspecified atom stereocenters. The Morgan fingerprint density at radius 2 is 2.42 bits per heavy atom. The van der Waals surface area contributed by atoms with E-state index in [0.717, 1.165) is 6.61 Å². The van der Waals surface area contributed by atoms with Gasteiger partial charge in [-0.05, 0) is 26.9 Å². The zero-order valence-electron chi connectivity index (χ0n) is 8.34. The minimum atomic E-state index is 0.478. The van der Waals surface area contributed by atoms with Gasteiger partial charge in [0, 0.05) is 25.7 Å². The maximum Gasteiger partial charge on any atom is 0.0613 e. The Balaban J connectivity index is 2.14. The number of nitrogens with one attached hydrogen (secondary N) is 1. The van der Waals surface area contributed by atoms with Gasteiger partial charge in [0.15, 0.2) is 0 Å². The molecule has 1 heterocycles. The normalized spacial score (nSPS) is 27.8. The van der Waals surface area contributed by atoms with Crippen LogP contribution in [0.15, 0.2) is 0 Å². The second kappa shape index (κ2) is 4.80. The molecule has 0 spiro atoms. The largest absolute Gasteiger partial charge is 0.383 e. The van der Waals surface area contributed by atoms with Crippen LogP contribution in [0.3, 0.4) is 0 Å². The topological polar surface area (TPSA) is 24.5 Å². The molecule has 72 valence electrons. The first-order chi connectivity index (χ1) is 5.72. The van der Waals surface area contributed by atoms with Crippen molar-refractivity contribution in [3.63, 3.8) is 0 Å². The van der Waals surface area contributed by atoms with E-state index in [1.165, 1.54) is 19.5 Å². The number of likely N-dealkylation sites (tertiary alicyclic amines) is 1. The smallest absolute Gasteiger partial charge is 0.0613 e. The Morgan fingerprint density at radius 1 is 1.67 bits per heavy atom. The molecule has 3 nitrogen and oxygen atoms in total. The summed E-state index contributed by atoms with van der Waals surface area (Å²) in [7, 11) is 3.92. The van der Waals surface area contributed by atoms with Crippen LogP contribution in [0.25, 0.3) is 0 Å². The summed E-state index contributed by atoms with van der Waals surface area (Å²) in [6.07, 6.45) is 1.27. The first kappa shape index (κ1) is 9.96. The van der Waals surface area contributed by atoms with Crippen LogP contribution in [0.5, 0.6) is 0 Å². The average molecular weight is 172 g/mol. The minimum absolute atomic E-state index is 0.478. The lowest BCUT2D eigenvalue weighted by atomic mass is 10.2. The van der Waals surface area contributed by atoms with E-state index in [1.807, 2.05) is 0 Å². The molecule has 2 atom stereocenters. The molecule has 1 aliphatic heterocycles. The Hall–Kier alpha value is -0.120. The fraction of sp³-hybridized carbons (Fsp3) is 1.00. The molecular weight excluding hydrogens is 152 g/mol. The van der Waals surface area contributed by atoms with Gasteiger partial charge < -0.3 is 15.0 Å². The van der Waals surface area contributed by atoms with E-state index in [0.29, 0.717) is 12.1 Å². The van der Waals surface area contributed by atoms with Crippen LogP contribution in [-0.4, -0.2) is 50.8 Å². The van der Waals surface area contributed by atoms with Gasteiger partial charge in [-0.25, -0.2) is 0 Å². The fourth-order valence-corrected chi connectivity index (χ4v) is 1.77. The zero-order chi connectivity index (χ0) is 8.97. The molecule has 0 bridgehead atoms. The lowest BCUT2D eigenvalue weighted by Crippen LogP contribution is -2.40. The van der Waals surface area contributed by atoms with E-state index in [1.54, 1.807) is 7.11 Å². The van der Waals surface area contributed by atoms with Gasteiger partial charge in [-0.3, -0.25) is 0 Å². The van der Waals surface area contributed by atoms with Crippen molar-refractivity contribution in [3.8, 4) is 0 Å². The Labute approximate surface area is 75.1 Å². The highest BCUT2D eigenvalue weighted by Crippen LogP contribution is 2.06. The molecule has 1 saturated heterocycles. The Morgan fingerprint density at radius 3 is 2.92 bits per heavy atom. The van der Waals surface area contributed by atoms with Crippen molar-refractivity contribution in [2.45, 2.75) is 25.4 Å². The zero-order valence-corrected chi connectivity index (χ0v) is 8.34. The van der Waals surface area contributed by atoms with Gasteiger partial charge in [-0.2, -0.15) is 0 Å². The van der Waals surface area contributed by atoms with Crippen LogP contribution >= 0.6 is 0 Å². The third kappa shape index (κ3) is 3.09. The molecule has 1 N–H and O–H groups in total. The maximum atomic E-state index is 5.06. The molecule has 0 aromatic heterocycles. The average Bonchev–Trinajstić information content (AvgIpc) is 2.36. The van der Waals surface area contributed by atoms with Crippen molar-refractivity contribution in [1.29, 1.82) is 0 Å². The summed E-state index contributed by atoms with van der Waals surface area (Å²) in [5.74, 6) is 0. The van der Waals surface area contributed by atoms with Crippen LogP contribution in [0.2, 0.25) is 0 Å². The highest BCUT2D eigenvalue weighted by Gasteiger charge is 2.20. The minimum Gasteiger partial charge on any atom is -0.383 e. The highest BCUT2D eigenvalue weighted by molar-refractivity contribution is 4.80. The summed E-state index contributed by atoms with van der Waals surface area (Å²) >= 11 is 0. The van der Waals surface area contributed by atoms with Gasteiger partial charge in [0.05, 0.1) is 6.61 Å². The Kier molecular flexibility index (Phi) is 3.98. The van der Waals surface area contributed by atoms with Crippen molar-refractivity contribution in [2.75, 3.05) is 33.9 Å². The molecule has 12 heavy (non-hydrogen) atoms. The number of nitrogens with zero attached hydrogens (tertiary/aromatic N) is 1. The van der Waals surface area contributed by atoms with E-state index in [9.17, 15) is 0 Å². The molecule has 0 aromatic carbocycles. The molecule has 0 aromatic rings. The summed E-state index contributed by atoms with van der Waals surface area (Å²) in [6.45, 7) is 5.37. The van der Waals surface area contributed by atoms with E-state index in [-0.39, 0.29) is 0 Å². The summed E-state index contributed by atoms with van der Waals surface area (Å²) in [6, 6.07) is 1.15. The van der Waals surface area contributed by atoms with Gasteiger partial charge in [0.25, 0.3) is 0 Å². The maximum absolute atomic E-state index is 5.06. The standard InChI is InChI=1S/C9H20N2O/c1-8(7-12-3)10-9-4-5-11(2)6-9/h8-10H,4-7H2,1-3H3/t8-,9+/m0/s1. The van der Waals surface area contributed by atoms with Gasteiger partial charge >= 0.3 is 0 Å². The van der Waals surface area contributed by atoms with Gasteiger partial charge in [-0.1, -0.05) is 0 Å². The molecule has 1 rings (SSSR count). The first-order valence-electron chi connectivity index (χ1n) is 4.66. The second-order valence-corrected chi connectivity index (χ2v) is 3.77. The second-order valence-electron chi connectivity index (χ2n) is 3.77. The lowest BCUT2D eigenvalue weighted by Gasteiger charge is -2.18. The van der Waals surface area contributed by atoms with Crippen molar-refractivity contribution in [3.05, 3.63) is 0 Å². The predicted octanol–water partition coefficient (Wildman–Crippen LogP) is 0.315. The molecule has 1 fully saturated rings. The predicted molar refractivity (Wildman–Crippen MR) is 50.4 cm³/mol. The van der Waals surface area contributed by atoms with Crippen LogP contribution in [0.1, 0.15) is 13.3 Å². The highest BCUT2D eigenvalue weighted by atomic mass is 16.5. The monoisotopic (exact) mass is 172 g/mol. The van der Waals surface area contributed by atoms with Crippen molar-refractivity contribution >= 4 is 0 Å². The number of methoxy groups -OCH3 is 1. The molecule has 0 amide bonds. The number of rotatable bonds is 4.